The summed E-state index contributed by atoms with van der Waals surface area (Å²) >= 11 is 0. The Hall–Kier alpha value is -3.22. The molecule has 1 N–H and O–H groups in total. The number of amides is 2. The molecule has 0 atom stereocenters. The number of methoxy groups -OCH3 is 1. The Balaban J connectivity index is 1.85. The number of hydrogen-bond acceptors (Lipinski definition) is 5. The highest BCUT2D eigenvalue weighted by atomic mass is 16.6. The van der Waals surface area contributed by atoms with Gasteiger partial charge in [-0.15, -0.1) is 0 Å². The molecule has 0 fully saturated rings. The molecule has 31 heavy (non-hydrogen) atoms. The van der Waals surface area contributed by atoms with E-state index >= 15 is 0 Å². The summed E-state index contributed by atoms with van der Waals surface area (Å²) < 4.78 is 16.5. The van der Waals surface area contributed by atoms with Crippen molar-refractivity contribution in [2.75, 3.05) is 20.7 Å². The van der Waals surface area contributed by atoms with E-state index in [-0.39, 0.29) is 18.9 Å². The summed E-state index contributed by atoms with van der Waals surface area (Å²) in [5.74, 6) is 1.17. The maximum atomic E-state index is 12.4. The highest BCUT2D eigenvalue weighted by Gasteiger charge is 2.17. The van der Waals surface area contributed by atoms with Crippen molar-refractivity contribution >= 4 is 12.0 Å². The molecule has 0 heterocycles. The van der Waals surface area contributed by atoms with E-state index in [1.807, 2.05) is 48.5 Å². The molecule has 2 rings (SSSR count). The van der Waals surface area contributed by atoms with Crippen molar-refractivity contribution in [2.24, 2.45) is 0 Å². The van der Waals surface area contributed by atoms with Crippen LogP contribution in [0.2, 0.25) is 0 Å². The van der Waals surface area contributed by atoms with Gasteiger partial charge in [0.2, 0.25) is 5.91 Å². The Bertz CT molecular complexity index is 862. The maximum absolute atomic E-state index is 12.4. The maximum Gasteiger partial charge on any atom is 0.407 e. The number of rotatable bonds is 9. The molecular weight excluding hydrogens is 396 g/mol. The first kappa shape index (κ1) is 24.1. The van der Waals surface area contributed by atoms with Crippen LogP contribution in [0, 0.1) is 0 Å². The van der Waals surface area contributed by atoms with Gasteiger partial charge in [-0.3, -0.25) is 4.79 Å². The summed E-state index contributed by atoms with van der Waals surface area (Å²) in [5.41, 5.74) is 1.42. The normalized spacial score (nSPS) is 10.9. The predicted octanol–water partition coefficient (Wildman–Crippen LogP) is 4.15. The summed E-state index contributed by atoms with van der Waals surface area (Å²) in [6, 6.07) is 15.5. The van der Waals surface area contributed by atoms with E-state index in [4.69, 9.17) is 14.2 Å². The minimum atomic E-state index is -0.569. The molecule has 0 aromatic heterocycles. The highest BCUT2D eigenvalue weighted by Crippen LogP contribution is 2.29. The van der Waals surface area contributed by atoms with Crippen LogP contribution >= 0.6 is 0 Å². The van der Waals surface area contributed by atoms with Gasteiger partial charge in [0.15, 0.2) is 11.5 Å². The molecule has 0 bridgehead atoms. The number of hydrogen-bond donors (Lipinski definition) is 1. The van der Waals surface area contributed by atoms with E-state index in [9.17, 15) is 9.59 Å². The van der Waals surface area contributed by atoms with Crippen molar-refractivity contribution in [3.8, 4) is 11.5 Å². The summed E-state index contributed by atoms with van der Waals surface area (Å²) in [6.45, 7) is 6.45. The molecule has 0 unspecified atom stereocenters. The second-order valence-corrected chi connectivity index (χ2v) is 8.19. The third-order valence-corrected chi connectivity index (χ3v) is 4.32. The number of carbonyl (C=O) groups excluding carboxylic acids is 2. The van der Waals surface area contributed by atoms with E-state index in [1.165, 1.54) is 0 Å². The van der Waals surface area contributed by atoms with Crippen LogP contribution in [0.15, 0.2) is 48.5 Å². The van der Waals surface area contributed by atoms with Crippen molar-refractivity contribution in [2.45, 2.75) is 45.9 Å². The predicted molar refractivity (Wildman–Crippen MR) is 119 cm³/mol. The van der Waals surface area contributed by atoms with Gasteiger partial charge in [0.05, 0.1) is 7.11 Å². The lowest BCUT2D eigenvalue weighted by molar-refractivity contribution is -0.130. The first-order valence-electron chi connectivity index (χ1n) is 10.2. The van der Waals surface area contributed by atoms with Crippen LogP contribution in [0.1, 0.15) is 38.3 Å². The largest absolute Gasteiger partial charge is 0.493 e. The van der Waals surface area contributed by atoms with Gasteiger partial charge in [0.1, 0.15) is 12.2 Å². The molecular formula is C24H32N2O5. The van der Waals surface area contributed by atoms with Gasteiger partial charge in [-0.25, -0.2) is 4.79 Å². The van der Waals surface area contributed by atoms with Crippen molar-refractivity contribution < 1.29 is 23.8 Å². The van der Waals surface area contributed by atoms with Gasteiger partial charge >= 0.3 is 6.09 Å². The van der Waals surface area contributed by atoms with Crippen LogP contribution in [-0.4, -0.2) is 43.2 Å². The van der Waals surface area contributed by atoms with E-state index < -0.39 is 11.7 Å². The molecule has 0 aliphatic carbocycles. The molecule has 7 heteroatoms. The van der Waals surface area contributed by atoms with Crippen molar-refractivity contribution in [3.63, 3.8) is 0 Å². The molecule has 0 radical (unpaired) electrons. The topological polar surface area (TPSA) is 77.1 Å². The number of ether oxygens (including phenoxy) is 3. The minimum absolute atomic E-state index is 0.0839. The van der Waals surface area contributed by atoms with E-state index in [0.29, 0.717) is 24.7 Å². The SMILES string of the molecule is COc1cc(CN(C)C(=O)CCNC(=O)OC(C)(C)C)ccc1OCc1ccccc1. The molecule has 0 aliphatic rings. The molecule has 168 valence electrons. The Kier molecular flexibility index (Phi) is 8.73. The van der Waals surface area contributed by atoms with Crippen molar-refractivity contribution in [1.29, 1.82) is 0 Å². The van der Waals surface area contributed by atoms with Crippen LogP contribution < -0.4 is 14.8 Å². The minimum Gasteiger partial charge on any atom is -0.493 e. The standard InChI is InChI=1S/C24H32N2O5/c1-24(2,3)31-23(28)25-14-13-22(27)26(4)16-19-11-12-20(21(15-19)29-5)30-17-18-9-7-6-8-10-18/h6-12,15H,13-14,16-17H2,1-5H3,(H,25,28). The molecule has 0 aliphatic heterocycles. The average molecular weight is 429 g/mol. The zero-order valence-electron chi connectivity index (χ0n) is 18.9. The highest BCUT2D eigenvalue weighted by molar-refractivity contribution is 5.77. The van der Waals surface area contributed by atoms with Crippen LogP contribution in [0.25, 0.3) is 0 Å². The molecule has 7 nitrogen and oxygen atoms in total. The molecule has 0 saturated carbocycles. The van der Waals surface area contributed by atoms with Gasteiger partial charge in [0.25, 0.3) is 0 Å². The fourth-order valence-electron chi connectivity index (χ4n) is 2.80. The number of carbonyl (C=O) groups is 2. The third kappa shape index (κ3) is 8.58. The summed E-state index contributed by atoms with van der Waals surface area (Å²) in [5, 5.41) is 2.60. The van der Waals surface area contributed by atoms with E-state index in [0.717, 1.165) is 11.1 Å². The number of benzene rings is 2. The van der Waals surface area contributed by atoms with E-state index in [1.54, 1.807) is 39.8 Å². The fraction of sp³-hybridized carbons (Fsp3) is 0.417. The first-order valence-corrected chi connectivity index (χ1v) is 10.2. The van der Waals surface area contributed by atoms with Gasteiger partial charge in [0, 0.05) is 26.6 Å². The third-order valence-electron chi connectivity index (χ3n) is 4.32. The smallest absolute Gasteiger partial charge is 0.407 e. The van der Waals surface area contributed by atoms with Crippen molar-refractivity contribution in [3.05, 3.63) is 59.7 Å². The molecule has 0 saturated heterocycles. The van der Waals surface area contributed by atoms with Crippen LogP contribution in [0.5, 0.6) is 11.5 Å². The van der Waals surface area contributed by atoms with Gasteiger partial charge in [-0.05, 0) is 44.0 Å². The molecule has 2 amide bonds. The van der Waals surface area contributed by atoms with E-state index in [2.05, 4.69) is 5.32 Å². The summed E-state index contributed by atoms with van der Waals surface area (Å²) in [4.78, 5) is 25.6. The second kappa shape index (κ2) is 11.2. The Morgan fingerprint density at radius 2 is 1.71 bits per heavy atom. The van der Waals surface area contributed by atoms with Gasteiger partial charge in [-0.2, -0.15) is 0 Å². The number of alkyl carbamates (subject to hydrolysis) is 1. The van der Waals surface area contributed by atoms with Crippen LogP contribution in [0.3, 0.4) is 0 Å². The van der Waals surface area contributed by atoms with Crippen LogP contribution in [-0.2, 0) is 22.7 Å². The summed E-state index contributed by atoms with van der Waals surface area (Å²) in [6.07, 6.45) is -0.343. The first-order chi connectivity index (χ1) is 14.7. The quantitative estimate of drug-likeness (QED) is 0.649. The van der Waals surface area contributed by atoms with Crippen LogP contribution in [0.4, 0.5) is 4.79 Å². The lowest BCUT2D eigenvalue weighted by Gasteiger charge is -2.21. The number of nitrogens with zero attached hydrogens (tertiary/aromatic N) is 1. The number of nitrogens with one attached hydrogen (secondary N) is 1. The second-order valence-electron chi connectivity index (χ2n) is 8.19. The summed E-state index contributed by atoms with van der Waals surface area (Å²) in [7, 11) is 3.31. The lowest BCUT2D eigenvalue weighted by atomic mass is 10.2. The molecule has 0 spiro atoms. The lowest BCUT2D eigenvalue weighted by Crippen LogP contribution is -2.35. The van der Waals surface area contributed by atoms with Crippen molar-refractivity contribution in [1.82, 2.24) is 10.2 Å². The zero-order chi connectivity index (χ0) is 22.9. The molecule has 2 aromatic carbocycles. The zero-order valence-corrected chi connectivity index (χ0v) is 18.9. The molecule has 2 aromatic rings. The monoisotopic (exact) mass is 428 g/mol. The van der Waals surface area contributed by atoms with Gasteiger partial charge in [-0.1, -0.05) is 36.4 Å². The average Bonchev–Trinajstić information content (AvgIpc) is 2.72. The fourth-order valence-corrected chi connectivity index (χ4v) is 2.80. The Morgan fingerprint density at radius 1 is 1.00 bits per heavy atom. The Morgan fingerprint density at radius 3 is 2.35 bits per heavy atom. The Labute approximate surface area is 184 Å². The van der Waals surface area contributed by atoms with Gasteiger partial charge < -0.3 is 24.4 Å².